The van der Waals surface area contributed by atoms with Crippen molar-refractivity contribution in [1.29, 1.82) is 0 Å². The quantitative estimate of drug-likeness (QED) is 0.712. The molecule has 0 spiro atoms. The lowest BCUT2D eigenvalue weighted by molar-refractivity contribution is -0.122. The fourth-order valence-electron chi connectivity index (χ4n) is 1.70. The molecule has 0 aromatic carbocycles. The summed E-state index contributed by atoms with van der Waals surface area (Å²) in [6.45, 7) is 9.50. The average molecular weight is 198 g/mol. The van der Waals surface area contributed by atoms with Gasteiger partial charge in [-0.15, -0.1) is 0 Å². The number of Topliss-reactive ketones (excluding diaryl/α,β-unsaturated/α-hetero) is 1. The summed E-state index contributed by atoms with van der Waals surface area (Å²) in [7, 11) is 0. The number of carbonyl (C=O) groups is 1. The van der Waals surface area contributed by atoms with Crippen LogP contribution in [0, 0.1) is 5.92 Å². The van der Waals surface area contributed by atoms with Crippen LogP contribution >= 0.6 is 0 Å². The van der Waals surface area contributed by atoms with E-state index >= 15 is 0 Å². The first-order valence-corrected chi connectivity index (χ1v) is 5.66. The van der Waals surface area contributed by atoms with E-state index in [4.69, 9.17) is 0 Å². The second-order valence-electron chi connectivity index (χ2n) is 4.32. The van der Waals surface area contributed by atoms with E-state index in [9.17, 15) is 4.79 Å². The Balaban J connectivity index is 2.05. The van der Waals surface area contributed by atoms with Gasteiger partial charge in [-0.25, -0.2) is 0 Å². The van der Waals surface area contributed by atoms with Gasteiger partial charge >= 0.3 is 0 Å². The highest BCUT2D eigenvalue weighted by Crippen LogP contribution is 2.03. The Morgan fingerprint density at radius 1 is 1.36 bits per heavy atom. The lowest BCUT2D eigenvalue weighted by Gasteiger charge is -2.26. The number of nitrogens with zero attached hydrogens (tertiary/aromatic N) is 1. The Morgan fingerprint density at radius 2 is 2.00 bits per heavy atom. The Morgan fingerprint density at radius 3 is 2.57 bits per heavy atom. The molecule has 1 N–H and O–H groups in total. The maximum Gasteiger partial charge on any atom is 0.135 e. The zero-order valence-electron chi connectivity index (χ0n) is 9.38. The number of ketones is 1. The van der Waals surface area contributed by atoms with E-state index in [1.165, 1.54) is 0 Å². The number of carbonyl (C=O) groups excluding carboxylic acids is 1. The van der Waals surface area contributed by atoms with Gasteiger partial charge in [0.25, 0.3) is 0 Å². The van der Waals surface area contributed by atoms with Crippen molar-refractivity contribution in [2.75, 3.05) is 32.7 Å². The van der Waals surface area contributed by atoms with Crippen LogP contribution in [0.25, 0.3) is 0 Å². The summed E-state index contributed by atoms with van der Waals surface area (Å²) >= 11 is 0. The third-order valence-electron chi connectivity index (χ3n) is 2.75. The van der Waals surface area contributed by atoms with Crippen molar-refractivity contribution in [3.8, 4) is 0 Å². The fourth-order valence-corrected chi connectivity index (χ4v) is 1.70. The van der Waals surface area contributed by atoms with Crippen LogP contribution in [0.2, 0.25) is 0 Å². The molecule has 3 heteroatoms. The molecule has 0 unspecified atom stereocenters. The Bertz CT molecular complexity index is 174. The molecule has 1 heterocycles. The van der Waals surface area contributed by atoms with Crippen LogP contribution in [0.3, 0.4) is 0 Å². The molecule has 0 amide bonds. The van der Waals surface area contributed by atoms with Crippen molar-refractivity contribution < 1.29 is 4.79 Å². The third-order valence-corrected chi connectivity index (χ3v) is 2.75. The molecule has 1 aliphatic rings. The predicted molar refractivity (Wildman–Crippen MR) is 58.4 cm³/mol. The smallest absolute Gasteiger partial charge is 0.135 e. The lowest BCUT2D eigenvalue weighted by Crippen LogP contribution is -2.43. The van der Waals surface area contributed by atoms with Gasteiger partial charge in [0.05, 0.1) is 0 Å². The molecule has 0 atom stereocenters. The lowest BCUT2D eigenvalue weighted by atomic mass is 10.0. The number of nitrogens with one attached hydrogen (secondary N) is 1. The minimum absolute atomic E-state index is 0.207. The van der Waals surface area contributed by atoms with Gasteiger partial charge in [-0.3, -0.25) is 4.79 Å². The van der Waals surface area contributed by atoms with Crippen molar-refractivity contribution in [2.24, 2.45) is 5.92 Å². The standard InChI is InChI=1S/C11H22N2O/c1-10(2)11(14)4-3-7-13-8-5-12-6-9-13/h10,12H,3-9H2,1-2H3. The van der Waals surface area contributed by atoms with E-state index in [1.54, 1.807) is 0 Å². The highest BCUT2D eigenvalue weighted by atomic mass is 16.1. The van der Waals surface area contributed by atoms with Gasteiger partial charge in [0.15, 0.2) is 0 Å². The summed E-state index contributed by atoms with van der Waals surface area (Å²) in [6.07, 6.45) is 1.78. The number of hydrogen-bond donors (Lipinski definition) is 1. The molecule has 0 aromatic heterocycles. The van der Waals surface area contributed by atoms with Crippen molar-refractivity contribution in [2.45, 2.75) is 26.7 Å². The summed E-state index contributed by atoms with van der Waals surface area (Å²) in [5, 5.41) is 3.32. The zero-order chi connectivity index (χ0) is 10.4. The van der Waals surface area contributed by atoms with Gasteiger partial charge in [-0.1, -0.05) is 13.8 Å². The van der Waals surface area contributed by atoms with Gasteiger partial charge < -0.3 is 10.2 Å². The Kier molecular flexibility index (Phi) is 5.12. The second kappa shape index (κ2) is 6.14. The molecule has 0 aliphatic carbocycles. The van der Waals surface area contributed by atoms with E-state index in [1.807, 2.05) is 13.8 Å². The first-order chi connectivity index (χ1) is 6.70. The highest BCUT2D eigenvalue weighted by molar-refractivity contribution is 5.80. The molecular weight excluding hydrogens is 176 g/mol. The van der Waals surface area contributed by atoms with Crippen molar-refractivity contribution in [1.82, 2.24) is 10.2 Å². The first-order valence-electron chi connectivity index (χ1n) is 5.66. The third kappa shape index (κ3) is 4.20. The van der Waals surface area contributed by atoms with Gasteiger partial charge in [0.2, 0.25) is 0 Å². The van der Waals surface area contributed by atoms with Gasteiger partial charge in [-0.2, -0.15) is 0 Å². The summed E-state index contributed by atoms with van der Waals surface area (Å²) in [6, 6.07) is 0. The topological polar surface area (TPSA) is 32.3 Å². The van der Waals surface area contributed by atoms with Gasteiger partial charge in [0.1, 0.15) is 5.78 Å². The molecule has 0 radical (unpaired) electrons. The van der Waals surface area contributed by atoms with E-state index in [-0.39, 0.29) is 5.92 Å². The molecule has 1 saturated heterocycles. The molecule has 0 bridgehead atoms. The largest absolute Gasteiger partial charge is 0.314 e. The minimum atomic E-state index is 0.207. The van der Waals surface area contributed by atoms with Crippen LogP contribution in [0.5, 0.6) is 0 Å². The maximum atomic E-state index is 11.4. The van der Waals surface area contributed by atoms with E-state index < -0.39 is 0 Å². The number of hydrogen-bond acceptors (Lipinski definition) is 3. The van der Waals surface area contributed by atoms with E-state index in [2.05, 4.69) is 10.2 Å². The van der Waals surface area contributed by atoms with Gasteiger partial charge in [0, 0.05) is 38.5 Å². The minimum Gasteiger partial charge on any atom is -0.314 e. The first kappa shape index (κ1) is 11.7. The van der Waals surface area contributed by atoms with Crippen LogP contribution in [-0.2, 0) is 4.79 Å². The van der Waals surface area contributed by atoms with E-state index in [0.29, 0.717) is 5.78 Å². The van der Waals surface area contributed by atoms with Crippen molar-refractivity contribution >= 4 is 5.78 Å². The fraction of sp³-hybridized carbons (Fsp3) is 0.909. The number of rotatable bonds is 5. The molecule has 3 nitrogen and oxygen atoms in total. The monoisotopic (exact) mass is 198 g/mol. The molecule has 1 fully saturated rings. The summed E-state index contributed by atoms with van der Waals surface area (Å²) < 4.78 is 0. The summed E-state index contributed by atoms with van der Waals surface area (Å²) in [4.78, 5) is 13.8. The normalized spacial score (nSPS) is 18.8. The Hall–Kier alpha value is -0.410. The second-order valence-corrected chi connectivity index (χ2v) is 4.32. The Labute approximate surface area is 86.9 Å². The average Bonchev–Trinajstić information content (AvgIpc) is 2.19. The predicted octanol–water partition coefficient (Wildman–Crippen LogP) is 0.897. The molecule has 82 valence electrons. The van der Waals surface area contributed by atoms with Crippen LogP contribution in [0.1, 0.15) is 26.7 Å². The highest BCUT2D eigenvalue weighted by Gasteiger charge is 2.11. The van der Waals surface area contributed by atoms with Crippen LogP contribution < -0.4 is 5.32 Å². The molecule has 0 aromatic rings. The molecular formula is C11H22N2O. The molecule has 1 rings (SSSR count). The van der Waals surface area contributed by atoms with Crippen LogP contribution in [0.4, 0.5) is 0 Å². The maximum absolute atomic E-state index is 11.4. The molecule has 0 saturated carbocycles. The SMILES string of the molecule is CC(C)C(=O)CCCN1CCNCC1. The number of piperazine rings is 1. The molecule has 1 aliphatic heterocycles. The van der Waals surface area contributed by atoms with E-state index in [0.717, 1.165) is 45.6 Å². The summed E-state index contributed by atoms with van der Waals surface area (Å²) in [5.74, 6) is 0.609. The van der Waals surface area contributed by atoms with Gasteiger partial charge in [-0.05, 0) is 13.0 Å². The zero-order valence-corrected chi connectivity index (χ0v) is 9.38. The molecule has 14 heavy (non-hydrogen) atoms. The van der Waals surface area contributed by atoms with Crippen LogP contribution in [0.15, 0.2) is 0 Å². The summed E-state index contributed by atoms with van der Waals surface area (Å²) in [5.41, 5.74) is 0. The van der Waals surface area contributed by atoms with Crippen molar-refractivity contribution in [3.05, 3.63) is 0 Å². The van der Waals surface area contributed by atoms with Crippen LogP contribution in [-0.4, -0.2) is 43.4 Å². The van der Waals surface area contributed by atoms with Crippen molar-refractivity contribution in [3.63, 3.8) is 0 Å².